The Morgan fingerprint density at radius 2 is 1.54 bits per heavy atom. The van der Waals surface area contributed by atoms with E-state index in [1.807, 2.05) is 24.3 Å². The standard InChI is InChI=1S/C24H24N4/c1-16-8-11-19(12-9-16)15-25-23-20-6-4-5-7-22(20)27-24(28-23)26-21-13-10-17(2)14-18(21)3/h4-14H,15H2,1-3H3,(H2,25,26,27,28). The van der Waals surface area contributed by atoms with E-state index < -0.39 is 0 Å². The zero-order chi connectivity index (χ0) is 19.5. The second kappa shape index (κ2) is 7.69. The lowest BCUT2D eigenvalue weighted by Gasteiger charge is -2.13. The number of anilines is 3. The summed E-state index contributed by atoms with van der Waals surface area (Å²) < 4.78 is 0. The van der Waals surface area contributed by atoms with Gasteiger partial charge in [0.25, 0.3) is 0 Å². The number of aromatic nitrogens is 2. The molecule has 0 saturated carbocycles. The number of para-hydroxylation sites is 1. The first-order chi connectivity index (χ1) is 13.6. The van der Waals surface area contributed by atoms with Gasteiger partial charge in [-0.05, 0) is 50.1 Å². The second-order valence-electron chi connectivity index (χ2n) is 7.20. The van der Waals surface area contributed by atoms with E-state index >= 15 is 0 Å². The fraction of sp³-hybridized carbons (Fsp3) is 0.167. The molecule has 0 saturated heterocycles. The Bertz CT molecular complexity index is 1120. The third-order valence-electron chi connectivity index (χ3n) is 4.81. The molecule has 0 bridgehead atoms. The SMILES string of the molecule is Cc1ccc(CNc2nc(Nc3ccc(C)cc3C)nc3ccccc23)cc1. The van der Waals surface area contributed by atoms with Crippen LogP contribution in [0.15, 0.2) is 66.7 Å². The van der Waals surface area contributed by atoms with Crippen LogP contribution in [-0.2, 0) is 6.54 Å². The third-order valence-corrected chi connectivity index (χ3v) is 4.81. The lowest BCUT2D eigenvalue weighted by molar-refractivity contribution is 1.10. The maximum atomic E-state index is 4.76. The van der Waals surface area contributed by atoms with E-state index in [1.165, 1.54) is 22.3 Å². The third kappa shape index (κ3) is 3.96. The van der Waals surface area contributed by atoms with Crippen LogP contribution < -0.4 is 10.6 Å². The first-order valence-electron chi connectivity index (χ1n) is 9.49. The van der Waals surface area contributed by atoms with E-state index in [-0.39, 0.29) is 0 Å². The molecule has 0 aliphatic rings. The highest BCUT2D eigenvalue weighted by Gasteiger charge is 2.09. The summed E-state index contributed by atoms with van der Waals surface area (Å²) in [7, 11) is 0. The smallest absolute Gasteiger partial charge is 0.229 e. The lowest BCUT2D eigenvalue weighted by Crippen LogP contribution is -2.06. The quantitative estimate of drug-likeness (QED) is 0.460. The molecule has 3 aromatic carbocycles. The molecule has 0 unspecified atom stereocenters. The number of nitrogens with one attached hydrogen (secondary N) is 2. The first kappa shape index (κ1) is 18.0. The molecule has 0 amide bonds. The van der Waals surface area contributed by atoms with Gasteiger partial charge in [-0.25, -0.2) is 4.98 Å². The van der Waals surface area contributed by atoms with Crippen LogP contribution in [0.25, 0.3) is 10.9 Å². The van der Waals surface area contributed by atoms with Crippen molar-refractivity contribution in [1.29, 1.82) is 0 Å². The predicted octanol–water partition coefficient (Wildman–Crippen LogP) is 5.91. The van der Waals surface area contributed by atoms with Crippen molar-refractivity contribution >= 4 is 28.4 Å². The largest absolute Gasteiger partial charge is 0.365 e. The van der Waals surface area contributed by atoms with E-state index in [0.717, 1.165) is 22.4 Å². The molecule has 1 heterocycles. The summed E-state index contributed by atoms with van der Waals surface area (Å²) in [6, 6.07) is 22.9. The van der Waals surface area contributed by atoms with E-state index in [0.29, 0.717) is 12.5 Å². The van der Waals surface area contributed by atoms with Crippen molar-refractivity contribution in [3.05, 3.63) is 89.0 Å². The Balaban J connectivity index is 1.65. The van der Waals surface area contributed by atoms with Crippen LogP contribution in [0.3, 0.4) is 0 Å². The lowest BCUT2D eigenvalue weighted by atomic mass is 10.1. The molecule has 28 heavy (non-hydrogen) atoms. The normalized spacial score (nSPS) is 10.8. The van der Waals surface area contributed by atoms with Gasteiger partial charge < -0.3 is 10.6 Å². The Kier molecular flexibility index (Phi) is 4.94. The molecule has 0 spiro atoms. The summed E-state index contributed by atoms with van der Waals surface area (Å²) in [5.74, 6) is 1.43. The summed E-state index contributed by atoms with van der Waals surface area (Å²) in [5, 5.41) is 7.87. The van der Waals surface area contributed by atoms with Crippen molar-refractivity contribution in [3.63, 3.8) is 0 Å². The van der Waals surface area contributed by atoms with Gasteiger partial charge in [0.1, 0.15) is 5.82 Å². The number of hydrogen-bond acceptors (Lipinski definition) is 4. The van der Waals surface area contributed by atoms with Crippen molar-refractivity contribution in [2.24, 2.45) is 0 Å². The Labute approximate surface area is 165 Å². The fourth-order valence-electron chi connectivity index (χ4n) is 3.23. The highest BCUT2D eigenvalue weighted by Crippen LogP contribution is 2.25. The van der Waals surface area contributed by atoms with Gasteiger partial charge in [0.05, 0.1) is 5.52 Å². The average molecular weight is 368 g/mol. The number of nitrogens with zero attached hydrogens (tertiary/aromatic N) is 2. The molecule has 0 atom stereocenters. The molecule has 4 aromatic rings. The Hall–Kier alpha value is -3.40. The Morgan fingerprint density at radius 3 is 2.32 bits per heavy atom. The van der Waals surface area contributed by atoms with Crippen LogP contribution in [0.2, 0.25) is 0 Å². The number of aryl methyl sites for hydroxylation is 3. The van der Waals surface area contributed by atoms with Crippen molar-refractivity contribution in [2.75, 3.05) is 10.6 Å². The van der Waals surface area contributed by atoms with Crippen LogP contribution >= 0.6 is 0 Å². The van der Waals surface area contributed by atoms with Crippen molar-refractivity contribution in [1.82, 2.24) is 9.97 Å². The predicted molar refractivity (Wildman–Crippen MR) is 117 cm³/mol. The molecule has 0 aliphatic carbocycles. The molecule has 0 radical (unpaired) electrons. The van der Waals surface area contributed by atoms with Gasteiger partial charge in [0, 0.05) is 17.6 Å². The van der Waals surface area contributed by atoms with Gasteiger partial charge in [0.2, 0.25) is 5.95 Å². The minimum absolute atomic E-state index is 0.594. The van der Waals surface area contributed by atoms with Gasteiger partial charge in [-0.3, -0.25) is 0 Å². The van der Waals surface area contributed by atoms with Crippen LogP contribution in [0.1, 0.15) is 22.3 Å². The zero-order valence-electron chi connectivity index (χ0n) is 16.5. The van der Waals surface area contributed by atoms with Gasteiger partial charge in [-0.15, -0.1) is 0 Å². The molecule has 2 N–H and O–H groups in total. The summed E-state index contributed by atoms with van der Waals surface area (Å²) in [6.45, 7) is 6.99. The minimum atomic E-state index is 0.594. The summed E-state index contributed by atoms with van der Waals surface area (Å²) in [6.07, 6.45) is 0. The highest BCUT2D eigenvalue weighted by molar-refractivity contribution is 5.90. The van der Waals surface area contributed by atoms with Crippen molar-refractivity contribution < 1.29 is 0 Å². The summed E-state index contributed by atoms with van der Waals surface area (Å²) >= 11 is 0. The topological polar surface area (TPSA) is 49.8 Å². The Morgan fingerprint density at radius 1 is 0.786 bits per heavy atom. The van der Waals surface area contributed by atoms with Crippen LogP contribution in [0.4, 0.5) is 17.5 Å². The van der Waals surface area contributed by atoms with Gasteiger partial charge >= 0.3 is 0 Å². The molecule has 4 nitrogen and oxygen atoms in total. The monoisotopic (exact) mass is 368 g/mol. The minimum Gasteiger partial charge on any atom is -0.365 e. The van der Waals surface area contributed by atoms with Gasteiger partial charge in [-0.1, -0.05) is 59.7 Å². The van der Waals surface area contributed by atoms with E-state index in [9.17, 15) is 0 Å². The average Bonchev–Trinajstić information content (AvgIpc) is 2.69. The van der Waals surface area contributed by atoms with Crippen LogP contribution in [-0.4, -0.2) is 9.97 Å². The van der Waals surface area contributed by atoms with Crippen molar-refractivity contribution in [3.8, 4) is 0 Å². The molecule has 140 valence electrons. The maximum Gasteiger partial charge on any atom is 0.229 e. The molecular formula is C24H24N4. The molecule has 1 aromatic heterocycles. The molecule has 0 aliphatic heterocycles. The molecule has 4 heteroatoms. The molecule has 4 rings (SSSR count). The number of benzene rings is 3. The number of fused-ring (bicyclic) bond motifs is 1. The summed E-state index contributed by atoms with van der Waals surface area (Å²) in [5.41, 5.74) is 6.82. The van der Waals surface area contributed by atoms with Crippen molar-refractivity contribution in [2.45, 2.75) is 27.3 Å². The van der Waals surface area contributed by atoms with Gasteiger partial charge in [0.15, 0.2) is 0 Å². The van der Waals surface area contributed by atoms with E-state index in [4.69, 9.17) is 9.97 Å². The van der Waals surface area contributed by atoms with E-state index in [1.54, 1.807) is 0 Å². The highest BCUT2D eigenvalue weighted by atomic mass is 15.1. The molecular weight excluding hydrogens is 344 g/mol. The number of rotatable bonds is 5. The van der Waals surface area contributed by atoms with E-state index in [2.05, 4.69) is 73.9 Å². The van der Waals surface area contributed by atoms with Crippen LogP contribution in [0, 0.1) is 20.8 Å². The second-order valence-corrected chi connectivity index (χ2v) is 7.20. The maximum absolute atomic E-state index is 4.76. The number of hydrogen-bond donors (Lipinski definition) is 2. The zero-order valence-corrected chi connectivity index (χ0v) is 16.5. The summed E-state index contributed by atoms with van der Waals surface area (Å²) in [4.78, 5) is 9.46. The fourth-order valence-corrected chi connectivity index (χ4v) is 3.23. The first-order valence-corrected chi connectivity index (χ1v) is 9.49. The van der Waals surface area contributed by atoms with Gasteiger partial charge in [-0.2, -0.15) is 4.98 Å². The molecule has 0 fully saturated rings. The van der Waals surface area contributed by atoms with Crippen LogP contribution in [0.5, 0.6) is 0 Å².